The summed E-state index contributed by atoms with van der Waals surface area (Å²) < 4.78 is 71.5. The summed E-state index contributed by atoms with van der Waals surface area (Å²) in [6.45, 7) is 0. The predicted octanol–water partition coefficient (Wildman–Crippen LogP) is 3.17. The summed E-state index contributed by atoms with van der Waals surface area (Å²) in [4.78, 5) is -1.18. The van der Waals surface area contributed by atoms with Gasteiger partial charge in [0.1, 0.15) is 10.7 Å². The first-order valence-corrected chi connectivity index (χ1v) is 11.5. The lowest BCUT2D eigenvalue weighted by Crippen LogP contribution is -2.15. The highest BCUT2D eigenvalue weighted by Crippen LogP contribution is 2.34. The second kappa shape index (κ2) is 8.03. The molecule has 0 fully saturated rings. The Morgan fingerprint density at radius 3 is 2.03 bits per heavy atom. The van der Waals surface area contributed by atoms with Crippen molar-refractivity contribution < 1.29 is 25.8 Å². The monoisotopic (exact) mass is 435 g/mol. The van der Waals surface area contributed by atoms with E-state index in [1.54, 1.807) is 0 Å². The Balaban J connectivity index is 2.15. The zero-order chi connectivity index (χ0) is 21.2. The molecule has 0 spiro atoms. The zero-order valence-corrected chi connectivity index (χ0v) is 16.8. The van der Waals surface area contributed by atoms with E-state index in [-0.39, 0.29) is 11.1 Å². The molecule has 0 saturated carbocycles. The standard InChI is InChI=1S/C20H18FNO5S2/c21-17-12-15(10-9-14-5-2-1-3-6-14)11-16(13-17)20-18(28(22,23)24)7-4-8-19(20)29(25,26)27/h1-8,11-13H,9-10H2,(H2,22,23,24)(H,25,26,27). The average Bonchev–Trinajstić information content (AvgIpc) is 2.65. The first-order chi connectivity index (χ1) is 13.6. The molecule has 6 nitrogen and oxygen atoms in total. The van der Waals surface area contributed by atoms with Gasteiger partial charge in [0.25, 0.3) is 10.1 Å². The average molecular weight is 435 g/mol. The van der Waals surface area contributed by atoms with Crippen LogP contribution in [-0.4, -0.2) is 21.4 Å². The Kier molecular flexibility index (Phi) is 5.85. The molecule has 0 aliphatic heterocycles. The van der Waals surface area contributed by atoms with Crippen molar-refractivity contribution in [3.05, 3.63) is 83.7 Å². The number of benzene rings is 3. The third-order valence-electron chi connectivity index (χ3n) is 4.36. The summed E-state index contributed by atoms with van der Waals surface area (Å²) in [6.07, 6.45) is 1.04. The van der Waals surface area contributed by atoms with Crippen molar-refractivity contribution in [1.82, 2.24) is 0 Å². The van der Waals surface area contributed by atoms with Crippen molar-refractivity contribution in [2.24, 2.45) is 5.14 Å². The van der Waals surface area contributed by atoms with Crippen LogP contribution < -0.4 is 5.14 Å². The maximum absolute atomic E-state index is 14.3. The molecule has 3 N–H and O–H groups in total. The molecule has 9 heteroatoms. The second-order valence-corrected chi connectivity index (χ2v) is 9.40. The Labute approximate surface area is 168 Å². The summed E-state index contributed by atoms with van der Waals surface area (Å²) in [5.74, 6) is -0.670. The molecule has 0 aliphatic carbocycles. The van der Waals surface area contributed by atoms with Gasteiger partial charge in [0.15, 0.2) is 0 Å². The number of hydrogen-bond donors (Lipinski definition) is 2. The normalized spacial score (nSPS) is 12.1. The highest BCUT2D eigenvalue weighted by atomic mass is 32.2. The molecular weight excluding hydrogens is 417 g/mol. The van der Waals surface area contributed by atoms with Crippen molar-refractivity contribution in [3.63, 3.8) is 0 Å². The molecule has 0 heterocycles. The fourth-order valence-corrected chi connectivity index (χ4v) is 4.70. The number of rotatable bonds is 6. The van der Waals surface area contributed by atoms with E-state index >= 15 is 0 Å². The van der Waals surface area contributed by atoms with Crippen LogP contribution in [0.15, 0.2) is 76.5 Å². The first-order valence-electron chi connectivity index (χ1n) is 8.53. The van der Waals surface area contributed by atoms with E-state index in [0.29, 0.717) is 18.4 Å². The fourth-order valence-electron chi connectivity index (χ4n) is 3.12. The lowest BCUT2D eigenvalue weighted by atomic mass is 9.99. The van der Waals surface area contributed by atoms with Crippen molar-refractivity contribution >= 4 is 20.1 Å². The van der Waals surface area contributed by atoms with Crippen LogP contribution in [0.1, 0.15) is 11.1 Å². The van der Waals surface area contributed by atoms with Crippen molar-refractivity contribution in [2.75, 3.05) is 0 Å². The molecule has 0 unspecified atom stereocenters. The minimum atomic E-state index is -4.79. The number of sulfonamides is 1. The lowest BCUT2D eigenvalue weighted by molar-refractivity contribution is 0.483. The topological polar surface area (TPSA) is 115 Å². The SMILES string of the molecule is NS(=O)(=O)c1cccc(S(=O)(=O)O)c1-c1cc(F)cc(CCc2ccccc2)c1. The smallest absolute Gasteiger partial charge is 0.282 e. The van der Waals surface area contributed by atoms with Crippen LogP contribution in [0.4, 0.5) is 4.39 Å². The van der Waals surface area contributed by atoms with Gasteiger partial charge in [0.2, 0.25) is 10.0 Å². The van der Waals surface area contributed by atoms with Crippen molar-refractivity contribution in [2.45, 2.75) is 22.6 Å². The molecule has 0 radical (unpaired) electrons. The summed E-state index contributed by atoms with van der Waals surface area (Å²) in [7, 11) is -9.13. The van der Waals surface area contributed by atoms with Crippen LogP contribution in [0.5, 0.6) is 0 Å². The minimum absolute atomic E-state index is 0.00897. The number of nitrogens with two attached hydrogens (primary N) is 1. The maximum atomic E-state index is 14.3. The summed E-state index contributed by atoms with van der Waals surface area (Å²) in [5, 5.41) is 5.22. The van der Waals surface area contributed by atoms with E-state index in [1.165, 1.54) is 12.1 Å². The van der Waals surface area contributed by atoms with Crippen LogP contribution in [0, 0.1) is 5.82 Å². The molecule has 0 aliphatic rings. The van der Waals surface area contributed by atoms with E-state index in [0.717, 1.165) is 29.8 Å². The minimum Gasteiger partial charge on any atom is -0.282 e. The van der Waals surface area contributed by atoms with Crippen LogP contribution in [0.25, 0.3) is 11.1 Å². The molecule has 0 aromatic heterocycles. The largest absolute Gasteiger partial charge is 0.295 e. The van der Waals surface area contributed by atoms with Crippen LogP contribution in [0.3, 0.4) is 0 Å². The van der Waals surface area contributed by atoms with Gasteiger partial charge < -0.3 is 0 Å². The number of aryl methyl sites for hydroxylation is 2. The molecule has 0 saturated heterocycles. The quantitative estimate of drug-likeness (QED) is 0.577. The summed E-state index contributed by atoms with van der Waals surface area (Å²) >= 11 is 0. The van der Waals surface area contributed by atoms with E-state index in [2.05, 4.69) is 0 Å². The summed E-state index contributed by atoms with van der Waals surface area (Å²) in [6, 6.07) is 16.6. The van der Waals surface area contributed by atoms with Crippen LogP contribution >= 0.6 is 0 Å². The zero-order valence-electron chi connectivity index (χ0n) is 15.1. The lowest BCUT2D eigenvalue weighted by Gasteiger charge is -2.14. The molecule has 29 heavy (non-hydrogen) atoms. The highest BCUT2D eigenvalue weighted by Gasteiger charge is 2.25. The van der Waals surface area contributed by atoms with Gasteiger partial charge in [-0.2, -0.15) is 8.42 Å². The Hall–Kier alpha value is -2.59. The first kappa shape index (κ1) is 21.1. The van der Waals surface area contributed by atoms with Gasteiger partial charge in [-0.1, -0.05) is 42.5 Å². The van der Waals surface area contributed by atoms with E-state index in [4.69, 9.17) is 5.14 Å². The van der Waals surface area contributed by atoms with E-state index in [9.17, 15) is 25.8 Å². The molecule has 3 aromatic carbocycles. The van der Waals surface area contributed by atoms with E-state index in [1.807, 2.05) is 30.3 Å². The third-order valence-corrected chi connectivity index (χ3v) is 6.21. The number of hydrogen-bond acceptors (Lipinski definition) is 4. The van der Waals surface area contributed by atoms with Gasteiger partial charge in [-0.05, 0) is 53.8 Å². The Morgan fingerprint density at radius 2 is 1.41 bits per heavy atom. The van der Waals surface area contributed by atoms with Crippen molar-refractivity contribution in [3.8, 4) is 11.1 Å². The second-order valence-electron chi connectivity index (χ2n) is 6.48. The van der Waals surface area contributed by atoms with Crippen LogP contribution in [0.2, 0.25) is 0 Å². The fraction of sp³-hybridized carbons (Fsp3) is 0.100. The molecule has 0 atom stereocenters. The van der Waals surface area contributed by atoms with Gasteiger partial charge in [0.05, 0.1) is 4.90 Å². The predicted molar refractivity (Wildman–Crippen MR) is 107 cm³/mol. The molecule has 0 bridgehead atoms. The van der Waals surface area contributed by atoms with Crippen LogP contribution in [-0.2, 0) is 33.0 Å². The third kappa shape index (κ3) is 5.07. The Bertz CT molecular complexity index is 1210. The molecule has 3 aromatic rings. The Morgan fingerprint density at radius 1 is 0.793 bits per heavy atom. The molecular formula is C20H18FNO5S2. The van der Waals surface area contributed by atoms with Crippen molar-refractivity contribution in [1.29, 1.82) is 0 Å². The van der Waals surface area contributed by atoms with Gasteiger partial charge in [0, 0.05) is 5.56 Å². The summed E-state index contributed by atoms with van der Waals surface area (Å²) in [5.41, 5.74) is 1.19. The number of halogens is 1. The molecule has 0 amide bonds. The van der Waals surface area contributed by atoms with E-state index < -0.39 is 35.7 Å². The molecule has 152 valence electrons. The highest BCUT2D eigenvalue weighted by molar-refractivity contribution is 7.89. The van der Waals surface area contributed by atoms with Gasteiger partial charge in [-0.25, -0.2) is 17.9 Å². The maximum Gasteiger partial charge on any atom is 0.295 e. The van der Waals surface area contributed by atoms with Gasteiger partial charge >= 0.3 is 0 Å². The molecule has 3 rings (SSSR count). The van der Waals surface area contributed by atoms with Gasteiger partial charge in [-0.3, -0.25) is 4.55 Å². The number of primary sulfonamides is 1. The van der Waals surface area contributed by atoms with Gasteiger partial charge in [-0.15, -0.1) is 0 Å².